The minimum Gasteiger partial charge on any atom is -0.479 e. The Morgan fingerprint density at radius 2 is 1.79 bits per heavy atom. The Morgan fingerprint density at radius 3 is 2.47 bits per heavy atom. The van der Waals surface area contributed by atoms with E-state index in [-0.39, 0.29) is 17.0 Å². The molecule has 0 bridgehead atoms. The van der Waals surface area contributed by atoms with E-state index in [4.69, 9.17) is 4.74 Å². The average Bonchev–Trinajstić information content (AvgIpc) is 3.40. The molecule has 172 valence electrons. The Kier molecular flexibility index (Phi) is 5.17. The fourth-order valence-electron chi connectivity index (χ4n) is 4.02. The van der Waals surface area contributed by atoms with Crippen molar-refractivity contribution < 1.29 is 23.9 Å². The van der Waals surface area contributed by atoms with Crippen molar-refractivity contribution in [1.29, 1.82) is 0 Å². The third-order valence-corrected chi connectivity index (χ3v) is 6.68. The Morgan fingerprint density at radius 1 is 1.12 bits per heavy atom. The summed E-state index contributed by atoms with van der Waals surface area (Å²) in [6.45, 7) is 3.21. The SMILES string of the molecule is CC1Oc2ccc(-c3csc(NC(=O)C(C)N4C(=O)c5ccccc5C4=O)n3)cc2N(C)C1=O. The number of benzene rings is 2. The zero-order valence-electron chi connectivity index (χ0n) is 18.6. The number of imide groups is 1. The third-order valence-electron chi connectivity index (χ3n) is 5.92. The fraction of sp³-hybridized carbons (Fsp3) is 0.208. The largest absolute Gasteiger partial charge is 0.479 e. The van der Waals surface area contributed by atoms with Crippen molar-refractivity contribution in [2.45, 2.75) is 26.0 Å². The normalized spacial score (nSPS) is 17.9. The minimum absolute atomic E-state index is 0.141. The van der Waals surface area contributed by atoms with Gasteiger partial charge in [-0.15, -0.1) is 11.3 Å². The summed E-state index contributed by atoms with van der Waals surface area (Å²) >= 11 is 1.22. The number of carbonyl (C=O) groups excluding carboxylic acids is 4. The molecule has 0 aliphatic carbocycles. The molecule has 0 saturated heterocycles. The molecule has 0 spiro atoms. The van der Waals surface area contributed by atoms with Crippen molar-refractivity contribution in [1.82, 2.24) is 9.88 Å². The second-order valence-electron chi connectivity index (χ2n) is 8.07. The minimum atomic E-state index is -1.01. The maximum absolute atomic E-state index is 12.8. The van der Waals surface area contributed by atoms with Crippen LogP contribution < -0.4 is 15.0 Å². The van der Waals surface area contributed by atoms with Crippen LogP contribution in [0.1, 0.15) is 34.6 Å². The predicted octanol–water partition coefficient (Wildman–Crippen LogP) is 3.18. The van der Waals surface area contributed by atoms with Gasteiger partial charge in [-0.05, 0) is 44.2 Å². The Hall–Kier alpha value is -4.05. The van der Waals surface area contributed by atoms with Crippen LogP contribution in [0.3, 0.4) is 0 Å². The quantitative estimate of drug-likeness (QED) is 0.580. The number of nitrogens with one attached hydrogen (secondary N) is 1. The number of nitrogens with zero attached hydrogens (tertiary/aromatic N) is 3. The van der Waals surface area contributed by atoms with Crippen LogP contribution >= 0.6 is 11.3 Å². The molecule has 4 amide bonds. The summed E-state index contributed by atoms with van der Waals surface area (Å²) in [5, 5.41) is 4.80. The van der Waals surface area contributed by atoms with Gasteiger partial charge in [-0.1, -0.05) is 12.1 Å². The topological polar surface area (TPSA) is 109 Å². The van der Waals surface area contributed by atoms with E-state index in [1.54, 1.807) is 60.6 Å². The molecule has 2 unspecified atom stereocenters. The van der Waals surface area contributed by atoms with Crippen molar-refractivity contribution >= 4 is 45.8 Å². The molecule has 9 nitrogen and oxygen atoms in total. The van der Waals surface area contributed by atoms with E-state index in [1.165, 1.54) is 18.3 Å². The number of aromatic nitrogens is 1. The second-order valence-corrected chi connectivity index (χ2v) is 8.93. The van der Waals surface area contributed by atoms with Crippen molar-refractivity contribution in [2.75, 3.05) is 17.3 Å². The number of hydrogen-bond donors (Lipinski definition) is 1. The number of ether oxygens (including phenoxy) is 1. The van der Waals surface area contributed by atoms with Gasteiger partial charge in [0.15, 0.2) is 11.2 Å². The van der Waals surface area contributed by atoms with Gasteiger partial charge in [0.2, 0.25) is 5.91 Å². The maximum Gasteiger partial charge on any atom is 0.267 e. The first-order chi connectivity index (χ1) is 16.3. The first kappa shape index (κ1) is 21.8. The number of thiazole rings is 1. The molecule has 10 heteroatoms. The zero-order chi connectivity index (χ0) is 24.1. The molecule has 34 heavy (non-hydrogen) atoms. The number of hydrogen-bond acceptors (Lipinski definition) is 7. The number of rotatable bonds is 4. The van der Waals surface area contributed by atoms with Crippen LogP contribution in [0, 0.1) is 0 Å². The highest BCUT2D eigenvalue weighted by atomic mass is 32.1. The Balaban J connectivity index is 1.33. The van der Waals surface area contributed by atoms with Gasteiger partial charge in [0, 0.05) is 18.0 Å². The molecule has 1 aromatic heterocycles. The molecule has 5 rings (SSSR count). The molecule has 0 radical (unpaired) electrons. The number of amides is 4. The van der Waals surface area contributed by atoms with Crippen molar-refractivity contribution in [2.24, 2.45) is 0 Å². The molecular weight excluding hydrogens is 456 g/mol. The lowest BCUT2D eigenvalue weighted by Crippen LogP contribution is -2.45. The van der Waals surface area contributed by atoms with E-state index in [0.717, 1.165) is 10.5 Å². The number of carbonyl (C=O) groups is 4. The van der Waals surface area contributed by atoms with E-state index in [2.05, 4.69) is 10.3 Å². The third kappa shape index (κ3) is 3.43. The molecule has 2 aliphatic rings. The van der Waals surface area contributed by atoms with Crippen LogP contribution in [0.5, 0.6) is 5.75 Å². The summed E-state index contributed by atoms with van der Waals surface area (Å²) in [5.74, 6) is -1.04. The molecule has 3 aromatic rings. The van der Waals surface area contributed by atoms with Crippen LogP contribution in [0.4, 0.5) is 10.8 Å². The first-order valence-corrected chi connectivity index (χ1v) is 11.5. The van der Waals surface area contributed by atoms with E-state index in [1.807, 2.05) is 6.07 Å². The average molecular weight is 477 g/mol. The standard InChI is InChI=1S/C24H20N4O5S/c1-12(28-22(31)15-6-4-5-7-16(15)23(28)32)20(29)26-24-25-17(11-34-24)14-8-9-19-18(10-14)27(3)21(30)13(2)33-19/h4-13H,1-3H3,(H,25,26,29). The second kappa shape index (κ2) is 8.07. The Labute approximate surface area is 199 Å². The summed E-state index contributed by atoms with van der Waals surface area (Å²) in [6, 6.07) is 10.9. The van der Waals surface area contributed by atoms with Gasteiger partial charge in [0.25, 0.3) is 17.7 Å². The fourth-order valence-corrected chi connectivity index (χ4v) is 4.74. The van der Waals surface area contributed by atoms with E-state index in [9.17, 15) is 19.2 Å². The number of anilines is 2. The van der Waals surface area contributed by atoms with Gasteiger partial charge in [-0.3, -0.25) is 24.1 Å². The summed E-state index contributed by atoms with van der Waals surface area (Å²) in [5.41, 5.74) is 2.58. The van der Waals surface area contributed by atoms with Gasteiger partial charge in [-0.2, -0.15) is 0 Å². The van der Waals surface area contributed by atoms with Gasteiger partial charge in [0.05, 0.1) is 22.5 Å². The lowest BCUT2D eigenvalue weighted by atomic mass is 10.1. The summed E-state index contributed by atoms with van der Waals surface area (Å²) in [4.78, 5) is 57.4. The van der Waals surface area contributed by atoms with Crippen LogP contribution in [0.2, 0.25) is 0 Å². The Bertz CT molecular complexity index is 1330. The van der Waals surface area contributed by atoms with Crippen LogP contribution in [-0.4, -0.2) is 52.7 Å². The maximum atomic E-state index is 12.8. The summed E-state index contributed by atoms with van der Waals surface area (Å²) in [7, 11) is 1.69. The van der Waals surface area contributed by atoms with Crippen molar-refractivity contribution in [3.05, 3.63) is 59.0 Å². The summed E-state index contributed by atoms with van der Waals surface area (Å²) < 4.78 is 5.65. The predicted molar refractivity (Wildman–Crippen MR) is 126 cm³/mol. The summed E-state index contributed by atoms with van der Waals surface area (Å²) in [6.07, 6.45) is -0.548. The lowest BCUT2D eigenvalue weighted by Gasteiger charge is -2.30. The highest BCUT2D eigenvalue weighted by Gasteiger charge is 2.40. The first-order valence-electron chi connectivity index (χ1n) is 10.6. The van der Waals surface area contributed by atoms with E-state index < -0.39 is 29.9 Å². The van der Waals surface area contributed by atoms with Gasteiger partial charge in [0.1, 0.15) is 11.8 Å². The van der Waals surface area contributed by atoms with Gasteiger partial charge < -0.3 is 15.0 Å². The van der Waals surface area contributed by atoms with Crippen LogP contribution in [-0.2, 0) is 9.59 Å². The smallest absolute Gasteiger partial charge is 0.267 e. The van der Waals surface area contributed by atoms with Gasteiger partial charge in [-0.25, -0.2) is 4.98 Å². The monoisotopic (exact) mass is 476 g/mol. The molecule has 2 aromatic carbocycles. The number of fused-ring (bicyclic) bond motifs is 2. The number of likely N-dealkylation sites (N-methyl/N-ethyl adjacent to an activating group) is 1. The molecule has 3 heterocycles. The molecule has 0 saturated carbocycles. The molecule has 0 fully saturated rings. The highest BCUT2D eigenvalue weighted by Crippen LogP contribution is 2.37. The van der Waals surface area contributed by atoms with Crippen LogP contribution in [0.15, 0.2) is 47.8 Å². The molecule has 2 aliphatic heterocycles. The molecule has 1 N–H and O–H groups in total. The van der Waals surface area contributed by atoms with Gasteiger partial charge >= 0.3 is 0 Å². The van der Waals surface area contributed by atoms with Crippen LogP contribution in [0.25, 0.3) is 11.3 Å². The molecular formula is C24H20N4O5S. The van der Waals surface area contributed by atoms with E-state index in [0.29, 0.717) is 22.3 Å². The van der Waals surface area contributed by atoms with Crippen molar-refractivity contribution in [3.63, 3.8) is 0 Å². The highest BCUT2D eigenvalue weighted by molar-refractivity contribution is 7.14. The van der Waals surface area contributed by atoms with Crippen molar-refractivity contribution in [3.8, 4) is 17.0 Å². The molecule has 2 atom stereocenters. The van der Waals surface area contributed by atoms with E-state index >= 15 is 0 Å². The zero-order valence-corrected chi connectivity index (χ0v) is 19.4. The lowest BCUT2D eigenvalue weighted by molar-refractivity contribution is -0.125.